The van der Waals surface area contributed by atoms with Crippen LogP contribution in [0.2, 0.25) is 0 Å². The molecule has 3 aromatic carbocycles. The lowest BCUT2D eigenvalue weighted by atomic mass is 9.99. The number of hydrogen-bond donors (Lipinski definition) is 4. The Balaban J connectivity index is 1.22. The van der Waals surface area contributed by atoms with Gasteiger partial charge in [-0.2, -0.15) is 0 Å². The number of fused-ring (bicyclic) bond motifs is 2. The molecule has 40 heavy (non-hydrogen) atoms. The molecule has 0 saturated carbocycles. The van der Waals surface area contributed by atoms with Gasteiger partial charge in [-0.15, -0.1) is 11.3 Å². The number of aromatic amines is 1. The monoisotopic (exact) mass is 554 g/mol. The zero-order chi connectivity index (χ0) is 27.6. The number of amides is 1. The maximum atomic E-state index is 12.5. The van der Waals surface area contributed by atoms with Crippen molar-refractivity contribution in [2.75, 3.05) is 19.7 Å². The van der Waals surface area contributed by atoms with Gasteiger partial charge in [-0.25, -0.2) is 9.97 Å². The van der Waals surface area contributed by atoms with Crippen LogP contribution >= 0.6 is 11.3 Å². The Morgan fingerprint density at radius 2 is 1.88 bits per heavy atom. The number of aliphatic hydroxyl groups excluding tert-OH is 1. The van der Waals surface area contributed by atoms with E-state index in [0.29, 0.717) is 43.7 Å². The molecule has 1 aliphatic rings. The molecule has 1 amide bonds. The molecule has 10 heteroatoms. The van der Waals surface area contributed by atoms with Crippen molar-refractivity contribution in [3.8, 4) is 5.75 Å². The molecule has 0 bridgehead atoms. The van der Waals surface area contributed by atoms with E-state index in [-0.39, 0.29) is 30.4 Å². The van der Waals surface area contributed by atoms with Gasteiger partial charge in [0.1, 0.15) is 22.4 Å². The molecular weight excluding hydrogens is 524 g/mol. The molecule has 9 nitrogen and oxygen atoms in total. The van der Waals surface area contributed by atoms with Crippen molar-refractivity contribution in [3.05, 3.63) is 88.7 Å². The summed E-state index contributed by atoms with van der Waals surface area (Å²) in [5.74, 6) is 1.32. The number of benzene rings is 3. The third kappa shape index (κ3) is 5.54. The fourth-order valence-electron chi connectivity index (χ4n) is 5.01. The number of piperidine rings is 1. The maximum Gasteiger partial charge on any atom is 0.260 e. The van der Waals surface area contributed by atoms with Crippen molar-refractivity contribution in [1.29, 1.82) is 5.41 Å². The minimum Gasteiger partial charge on any atom is -0.484 e. The number of aliphatic hydroxyl groups is 1. The first-order valence-electron chi connectivity index (χ1n) is 13.3. The van der Waals surface area contributed by atoms with Gasteiger partial charge in [0.05, 0.1) is 33.3 Å². The summed E-state index contributed by atoms with van der Waals surface area (Å²) in [5, 5.41) is 18.4. The standard InChI is InChI=1S/C30H30N6O3S/c31-28(32)19-7-10-25-26(16-19)40-30(35-25)22(29-33-23-3-1-2-4-24(23)34-29)15-18-5-8-21(9-6-18)39-17-27(38)36-13-11-20(37)12-14-36/h1-10,16,20,22,37H,11-15,17H2,(H3,31,32)(H,33,34). The number of likely N-dealkylation sites (tertiary alicyclic amines) is 1. The normalized spacial score (nSPS) is 15.0. The predicted octanol–water partition coefficient (Wildman–Crippen LogP) is 4.19. The van der Waals surface area contributed by atoms with Gasteiger partial charge in [-0.3, -0.25) is 10.2 Å². The molecule has 0 radical (unpaired) electrons. The molecular formula is C30H30N6O3S. The highest BCUT2D eigenvalue weighted by molar-refractivity contribution is 7.18. The minimum absolute atomic E-state index is 0.0228. The highest BCUT2D eigenvalue weighted by atomic mass is 32.1. The van der Waals surface area contributed by atoms with E-state index < -0.39 is 0 Å². The Labute approximate surface area is 235 Å². The molecule has 6 rings (SSSR count). The van der Waals surface area contributed by atoms with Gasteiger partial charge < -0.3 is 25.5 Å². The fraction of sp³-hybridized carbons (Fsp3) is 0.267. The summed E-state index contributed by atoms with van der Waals surface area (Å²) in [6.45, 7) is 1.10. The summed E-state index contributed by atoms with van der Waals surface area (Å²) < 4.78 is 6.75. The molecule has 5 N–H and O–H groups in total. The summed E-state index contributed by atoms with van der Waals surface area (Å²) >= 11 is 1.58. The van der Waals surface area contributed by atoms with Gasteiger partial charge in [0.25, 0.3) is 5.91 Å². The fourth-order valence-corrected chi connectivity index (χ4v) is 6.12. The number of carbonyl (C=O) groups excluding carboxylic acids is 1. The third-order valence-electron chi connectivity index (χ3n) is 7.29. The molecule has 1 saturated heterocycles. The van der Waals surface area contributed by atoms with Gasteiger partial charge >= 0.3 is 0 Å². The number of para-hydroxylation sites is 2. The van der Waals surface area contributed by atoms with E-state index in [4.69, 9.17) is 25.8 Å². The van der Waals surface area contributed by atoms with Crippen LogP contribution < -0.4 is 10.5 Å². The Hall–Kier alpha value is -4.28. The Bertz CT molecular complexity index is 1640. The first-order valence-corrected chi connectivity index (χ1v) is 14.1. The Kier molecular flexibility index (Phi) is 7.19. The number of nitrogens with two attached hydrogens (primary N) is 1. The number of ether oxygens (including phenoxy) is 1. The lowest BCUT2D eigenvalue weighted by Gasteiger charge is -2.29. The van der Waals surface area contributed by atoms with Gasteiger partial charge in [0.2, 0.25) is 0 Å². The molecule has 0 aliphatic carbocycles. The highest BCUT2D eigenvalue weighted by Gasteiger charge is 2.24. The zero-order valence-electron chi connectivity index (χ0n) is 21.8. The number of nitrogens with one attached hydrogen (secondary N) is 2. The number of nitrogens with zero attached hydrogens (tertiary/aromatic N) is 3. The van der Waals surface area contributed by atoms with Crippen LogP contribution in [-0.4, -0.2) is 62.5 Å². The van der Waals surface area contributed by atoms with Gasteiger partial charge in [0.15, 0.2) is 6.61 Å². The average molecular weight is 555 g/mol. The van der Waals surface area contributed by atoms with E-state index in [2.05, 4.69) is 4.98 Å². The highest BCUT2D eigenvalue weighted by Crippen LogP contribution is 2.34. The molecule has 1 aliphatic heterocycles. The number of aromatic nitrogens is 3. The smallest absolute Gasteiger partial charge is 0.260 e. The molecule has 3 heterocycles. The number of rotatable bonds is 8. The van der Waals surface area contributed by atoms with E-state index in [1.54, 1.807) is 16.2 Å². The van der Waals surface area contributed by atoms with Crippen molar-refractivity contribution < 1.29 is 14.6 Å². The van der Waals surface area contributed by atoms with Crippen LogP contribution in [0.3, 0.4) is 0 Å². The second-order valence-electron chi connectivity index (χ2n) is 10.1. The summed E-state index contributed by atoms with van der Waals surface area (Å²) in [6, 6.07) is 21.4. The lowest BCUT2D eigenvalue weighted by molar-refractivity contribution is -0.135. The summed E-state index contributed by atoms with van der Waals surface area (Å²) in [7, 11) is 0. The van der Waals surface area contributed by atoms with Crippen molar-refractivity contribution in [1.82, 2.24) is 19.9 Å². The second kappa shape index (κ2) is 11.1. The van der Waals surface area contributed by atoms with Crippen LogP contribution in [0.4, 0.5) is 0 Å². The molecule has 1 atom stereocenters. The molecule has 5 aromatic rings. The van der Waals surface area contributed by atoms with Gasteiger partial charge in [-0.05, 0) is 67.3 Å². The molecule has 2 aromatic heterocycles. The van der Waals surface area contributed by atoms with Crippen LogP contribution in [0.15, 0.2) is 66.7 Å². The van der Waals surface area contributed by atoms with Crippen molar-refractivity contribution in [2.24, 2.45) is 5.73 Å². The van der Waals surface area contributed by atoms with Crippen LogP contribution in [0.5, 0.6) is 5.75 Å². The maximum absolute atomic E-state index is 12.5. The molecule has 1 fully saturated rings. The number of nitrogen functional groups attached to an aromatic ring is 1. The molecule has 0 spiro atoms. The lowest BCUT2D eigenvalue weighted by Crippen LogP contribution is -2.42. The van der Waals surface area contributed by atoms with Crippen LogP contribution in [0.1, 0.15) is 40.7 Å². The third-order valence-corrected chi connectivity index (χ3v) is 8.43. The second-order valence-corrected chi connectivity index (χ2v) is 11.2. The predicted molar refractivity (Wildman–Crippen MR) is 156 cm³/mol. The van der Waals surface area contributed by atoms with E-state index in [9.17, 15) is 9.90 Å². The first-order chi connectivity index (χ1) is 19.4. The number of imidazole rings is 1. The van der Waals surface area contributed by atoms with E-state index in [1.807, 2.05) is 66.7 Å². The largest absolute Gasteiger partial charge is 0.484 e. The molecule has 1 unspecified atom stereocenters. The van der Waals surface area contributed by atoms with Crippen LogP contribution in [-0.2, 0) is 11.2 Å². The van der Waals surface area contributed by atoms with Crippen molar-refractivity contribution in [3.63, 3.8) is 0 Å². The first kappa shape index (κ1) is 26.0. The summed E-state index contributed by atoms with van der Waals surface area (Å²) in [6.07, 6.45) is 1.56. The topological polar surface area (TPSA) is 141 Å². The quantitative estimate of drug-likeness (QED) is 0.167. The summed E-state index contributed by atoms with van der Waals surface area (Å²) in [5.41, 5.74) is 10.2. The summed E-state index contributed by atoms with van der Waals surface area (Å²) in [4.78, 5) is 27.6. The van der Waals surface area contributed by atoms with Crippen molar-refractivity contribution >= 4 is 44.3 Å². The van der Waals surface area contributed by atoms with Crippen LogP contribution in [0, 0.1) is 5.41 Å². The number of H-pyrrole nitrogens is 1. The number of hydrogen-bond acceptors (Lipinski definition) is 7. The Morgan fingerprint density at radius 3 is 2.62 bits per heavy atom. The Morgan fingerprint density at radius 1 is 1.10 bits per heavy atom. The average Bonchev–Trinajstić information content (AvgIpc) is 3.59. The van der Waals surface area contributed by atoms with E-state index >= 15 is 0 Å². The van der Waals surface area contributed by atoms with Crippen LogP contribution in [0.25, 0.3) is 21.3 Å². The van der Waals surface area contributed by atoms with Gasteiger partial charge in [0, 0.05) is 18.7 Å². The van der Waals surface area contributed by atoms with E-state index in [0.717, 1.165) is 37.6 Å². The van der Waals surface area contributed by atoms with Gasteiger partial charge in [-0.1, -0.05) is 24.3 Å². The SMILES string of the molecule is N=C(N)c1ccc2nc(C(Cc3ccc(OCC(=O)N4CCC(O)CC4)cc3)c3nc4ccccc4[nH]3)sc2c1. The zero-order valence-corrected chi connectivity index (χ0v) is 22.7. The number of carbonyl (C=O) groups is 1. The molecule has 204 valence electrons. The van der Waals surface area contributed by atoms with Crippen molar-refractivity contribution in [2.45, 2.75) is 31.3 Å². The number of amidine groups is 1. The number of thiazole rings is 1. The van der Waals surface area contributed by atoms with E-state index in [1.165, 1.54) is 0 Å². The minimum atomic E-state index is -0.318.